The summed E-state index contributed by atoms with van der Waals surface area (Å²) in [7, 11) is 0. The molecule has 0 unspecified atom stereocenters. The van der Waals surface area contributed by atoms with E-state index in [1.807, 2.05) is 36.7 Å². The molecule has 1 aliphatic carbocycles. The molecule has 2 heterocycles. The molecule has 0 radical (unpaired) electrons. The van der Waals surface area contributed by atoms with Crippen LogP contribution in [0.25, 0.3) is 5.69 Å². The van der Waals surface area contributed by atoms with Crippen molar-refractivity contribution in [3.05, 3.63) is 47.9 Å². The molecule has 6 nitrogen and oxygen atoms in total. The number of thioether (sulfide) groups is 1. The topological polar surface area (TPSA) is 69.6 Å². The molecule has 24 heavy (non-hydrogen) atoms. The summed E-state index contributed by atoms with van der Waals surface area (Å²) in [6, 6.07) is 10.2. The second-order valence-electron chi connectivity index (χ2n) is 6.26. The third-order valence-corrected chi connectivity index (χ3v) is 4.70. The molecular weight excluding hydrogens is 322 g/mol. The van der Waals surface area contributed by atoms with Crippen molar-refractivity contribution in [1.82, 2.24) is 24.9 Å². The highest BCUT2D eigenvalue weighted by molar-refractivity contribution is 7.98. The van der Waals surface area contributed by atoms with Gasteiger partial charge in [0.25, 0.3) is 0 Å². The Labute approximate surface area is 144 Å². The number of hydrogen-bond acceptors (Lipinski definition) is 6. The van der Waals surface area contributed by atoms with Crippen LogP contribution < -0.4 is 0 Å². The second kappa shape index (κ2) is 6.39. The van der Waals surface area contributed by atoms with Gasteiger partial charge in [-0.1, -0.05) is 49.0 Å². The number of nitrogens with zero attached hydrogens (tertiary/aromatic N) is 5. The third kappa shape index (κ3) is 3.21. The second-order valence-corrected chi connectivity index (χ2v) is 7.21. The quantitative estimate of drug-likeness (QED) is 0.632. The lowest BCUT2D eigenvalue weighted by atomic mass is 10.2. The minimum atomic E-state index is 0.268. The van der Waals surface area contributed by atoms with Gasteiger partial charge in [0, 0.05) is 11.8 Å². The molecule has 0 atom stereocenters. The SMILES string of the molecule is CC(C)c1noc(CSc2nc(C3CC3)n(-c3ccccc3)n2)n1. The van der Waals surface area contributed by atoms with E-state index in [1.54, 1.807) is 0 Å². The zero-order valence-electron chi connectivity index (χ0n) is 13.7. The van der Waals surface area contributed by atoms with Gasteiger partial charge in [-0.15, -0.1) is 5.10 Å². The number of para-hydroxylation sites is 1. The van der Waals surface area contributed by atoms with Crippen LogP contribution in [-0.2, 0) is 5.75 Å². The van der Waals surface area contributed by atoms with E-state index in [-0.39, 0.29) is 5.92 Å². The predicted octanol–water partition coefficient (Wildman–Crippen LogP) is 3.94. The average molecular weight is 341 g/mol. The van der Waals surface area contributed by atoms with E-state index in [0.717, 1.165) is 22.5 Å². The fourth-order valence-corrected chi connectivity index (χ4v) is 3.09. The lowest BCUT2D eigenvalue weighted by molar-refractivity contribution is 0.383. The minimum Gasteiger partial charge on any atom is -0.338 e. The summed E-state index contributed by atoms with van der Waals surface area (Å²) in [5, 5.41) is 9.42. The first-order valence-corrected chi connectivity index (χ1v) is 9.17. The van der Waals surface area contributed by atoms with Crippen molar-refractivity contribution in [3.8, 4) is 5.69 Å². The van der Waals surface area contributed by atoms with Gasteiger partial charge in [0.1, 0.15) is 5.82 Å². The zero-order chi connectivity index (χ0) is 16.5. The number of aromatic nitrogens is 5. The molecule has 0 aliphatic heterocycles. The fraction of sp³-hybridized carbons (Fsp3) is 0.412. The molecule has 0 spiro atoms. The van der Waals surface area contributed by atoms with Crippen molar-refractivity contribution >= 4 is 11.8 Å². The summed E-state index contributed by atoms with van der Waals surface area (Å²) in [6.07, 6.45) is 2.38. The molecule has 1 fully saturated rings. The zero-order valence-corrected chi connectivity index (χ0v) is 14.5. The number of benzene rings is 1. The van der Waals surface area contributed by atoms with Crippen molar-refractivity contribution in [2.24, 2.45) is 0 Å². The highest BCUT2D eigenvalue weighted by Gasteiger charge is 2.30. The van der Waals surface area contributed by atoms with E-state index in [2.05, 4.69) is 27.4 Å². The summed E-state index contributed by atoms with van der Waals surface area (Å²) in [4.78, 5) is 9.13. The van der Waals surface area contributed by atoms with Gasteiger partial charge < -0.3 is 4.52 Å². The Morgan fingerprint density at radius 3 is 2.67 bits per heavy atom. The van der Waals surface area contributed by atoms with Crippen molar-refractivity contribution in [2.75, 3.05) is 0 Å². The Morgan fingerprint density at radius 1 is 1.21 bits per heavy atom. The molecule has 1 aliphatic rings. The Kier molecular flexibility index (Phi) is 4.10. The molecule has 1 aromatic carbocycles. The normalized spacial score (nSPS) is 14.5. The molecule has 4 rings (SSSR count). The molecule has 1 saturated carbocycles. The van der Waals surface area contributed by atoms with Crippen LogP contribution in [0, 0.1) is 0 Å². The standard InChI is InChI=1S/C17H19N5OS/c1-11(2)15-18-14(23-21-15)10-24-17-19-16(12-8-9-12)22(20-17)13-6-4-3-5-7-13/h3-7,11-12H,8-10H2,1-2H3. The summed E-state index contributed by atoms with van der Waals surface area (Å²) in [5.74, 6) is 3.80. The van der Waals surface area contributed by atoms with E-state index in [4.69, 9.17) is 9.51 Å². The molecule has 3 aromatic rings. The summed E-state index contributed by atoms with van der Waals surface area (Å²) in [6.45, 7) is 4.10. The Morgan fingerprint density at radius 2 is 2.00 bits per heavy atom. The van der Waals surface area contributed by atoms with Gasteiger partial charge in [-0.25, -0.2) is 9.67 Å². The fourth-order valence-electron chi connectivity index (χ4n) is 2.42. The Balaban J connectivity index is 1.53. The van der Waals surface area contributed by atoms with Crippen LogP contribution in [0.15, 0.2) is 40.0 Å². The predicted molar refractivity (Wildman–Crippen MR) is 91.3 cm³/mol. The molecule has 0 amide bonds. The molecule has 7 heteroatoms. The molecule has 2 aromatic heterocycles. The van der Waals surface area contributed by atoms with E-state index in [9.17, 15) is 0 Å². The maximum atomic E-state index is 5.28. The van der Waals surface area contributed by atoms with E-state index < -0.39 is 0 Å². The number of rotatable bonds is 6. The van der Waals surface area contributed by atoms with E-state index in [1.165, 1.54) is 24.6 Å². The van der Waals surface area contributed by atoms with Crippen molar-refractivity contribution < 1.29 is 4.52 Å². The van der Waals surface area contributed by atoms with E-state index in [0.29, 0.717) is 17.6 Å². The largest absolute Gasteiger partial charge is 0.338 e. The van der Waals surface area contributed by atoms with Crippen LogP contribution in [0.5, 0.6) is 0 Å². The molecule has 124 valence electrons. The first kappa shape index (κ1) is 15.4. The van der Waals surface area contributed by atoms with Gasteiger partial charge in [0.05, 0.1) is 11.4 Å². The lowest BCUT2D eigenvalue weighted by Crippen LogP contribution is -2.01. The van der Waals surface area contributed by atoms with Gasteiger partial charge >= 0.3 is 0 Å². The van der Waals surface area contributed by atoms with Crippen LogP contribution >= 0.6 is 11.8 Å². The Hall–Kier alpha value is -2.15. The highest BCUT2D eigenvalue weighted by Crippen LogP contribution is 2.40. The smallest absolute Gasteiger partial charge is 0.237 e. The maximum Gasteiger partial charge on any atom is 0.237 e. The lowest BCUT2D eigenvalue weighted by Gasteiger charge is -2.03. The van der Waals surface area contributed by atoms with Gasteiger partial charge in [0.2, 0.25) is 11.0 Å². The van der Waals surface area contributed by atoms with Crippen LogP contribution in [0.3, 0.4) is 0 Å². The summed E-state index contributed by atoms with van der Waals surface area (Å²) in [5.41, 5.74) is 1.05. The average Bonchev–Trinajstić information content (AvgIpc) is 3.17. The number of hydrogen-bond donors (Lipinski definition) is 0. The van der Waals surface area contributed by atoms with Gasteiger partial charge in [-0.05, 0) is 25.0 Å². The highest BCUT2D eigenvalue weighted by atomic mass is 32.2. The van der Waals surface area contributed by atoms with Crippen molar-refractivity contribution in [2.45, 2.75) is 49.4 Å². The van der Waals surface area contributed by atoms with Crippen LogP contribution in [0.4, 0.5) is 0 Å². The van der Waals surface area contributed by atoms with Crippen LogP contribution in [-0.4, -0.2) is 24.9 Å². The van der Waals surface area contributed by atoms with Crippen LogP contribution in [0.1, 0.15) is 56.1 Å². The van der Waals surface area contributed by atoms with Crippen molar-refractivity contribution in [1.29, 1.82) is 0 Å². The molecule has 0 N–H and O–H groups in total. The maximum absolute atomic E-state index is 5.28. The molecule has 0 saturated heterocycles. The third-order valence-electron chi connectivity index (χ3n) is 3.88. The molecule has 0 bridgehead atoms. The minimum absolute atomic E-state index is 0.268. The van der Waals surface area contributed by atoms with E-state index >= 15 is 0 Å². The monoisotopic (exact) mass is 341 g/mol. The van der Waals surface area contributed by atoms with Crippen LogP contribution in [0.2, 0.25) is 0 Å². The van der Waals surface area contributed by atoms with Gasteiger partial charge in [-0.2, -0.15) is 4.98 Å². The van der Waals surface area contributed by atoms with Crippen molar-refractivity contribution in [3.63, 3.8) is 0 Å². The van der Waals surface area contributed by atoms with Gasteiger partial charge in [-0.3, -0.25) is 0 Å². The Bertz CT molecular complexity index is 823. The summed E-state index contributed by atoms with van der Waals surface area (Å²) >= 11 is 1.53. The van der Waals surface area contributed by atoms with Gasteiger partial charge in [0.15, 0.2) is 5.82 Å². The first-order chi connectivity index (χ1) is 11.7. The summed E-state index contributed by atoms with van der Waals surface area (Å²) < 4.78 is 7.25. The first-order valence-electron chi connectivity index (χ1n) is 8.18. The molecular formula is C17H19N5OS.